The molecule has 0 saturated heterocycles. The van der Waals surface area contributed by atoms with E-state index in [0.29, 0.717) is 12.2 Å². The Kier molecular flexibility index (Phi) is 4.82. The minimum atomic E-state index is -0.848. The third-order valence-corrected chi connectivity index (χ3v) is 3.39. The van der Waals surface area contributed by atoms with Crippen LogP contribution in [0, 0.1) is 0 Å². The van der Waals surface area contributed by atoms with Gasteiger partial charge in [-0.25, -0.2) is 0 Å². The Morgan fingerprint density at radius 2 is 1.71 bits per heavy atom. The largest absolute Gasteiger partial charge is 0.497 e. The van der Waals surface area contributed by atoms with E-state index in [1.54, 1.807) is 32.4 Å². The van der Waals surface area contributed by atoms with Crippen molar-refractivity contribution in [2.75, 3.05) is 14.2 Å². The van der Waals surface area contributed by atoms with Crippen LogP contribution in [-0.2, 0) is 11.2 Å². The minimum Gasteiger partial charge on any atom is -0.497 e. The molecule has 0 amide bonds. The summed E-state index contributed by atoms with van der Waals surface area (Å²) in [4.78, 5) is 11.6. The Balaban J connectivity index is 2.23. The van der Waals surface area contributed by atoms with Crippen LogP contribution in [0.3, 0.4) is 0 Å². The molecule has 0 heterocycles. The fourth-order valence-electron chi connectivity index (χ4n) is 2.20. The van der Waals surface area contributed by atoms with Gasteiger partial charge >= 0.3 is 5.97 Å². The number of ether oxygens (including phenoxy) is 2. The van der Waals surface area contributed by atoms with Gasteiger partial charge in [-0.1, -0.05) is 24.3 Å². The van der Waals surface area contributed by atoms with Gasteiger partial charge in [0.15, 0.2) is 0 Å². The van der Waals surface area contributed by atoms with Gasteiger partial charge in [0, 0.05) is 0 Å². The summed E-state index contributed by atoms with van der Waals surface area (Å²) in [6, 6.07) is 14.6. The summed E-state index contributed by atoms with van der Waals surface area (Å²) >= 11 is 0. The molecule has 0 spiro atoms. The van der Waals surface area contributed by atoms with Gasteiger partial charge in [-0.05, 0) is 41.8 Å². The third kappa shape index (κ3) is 3.75. The van der Waals surface area contributed by atoms with Crippen LogP contribution in [0.25, 0.3) is 0 Å². The molecule has 0 saturated carbocycles. The van der Waals surface area contributed by atoms with E-state index < -0.39 is 11.9 Å². The Morgan fingerprint density at radius 3 is 2.29 bits per heavy atom. The number of rotatable bonds is 6. The van der Waals surface area contributed by atoms with Gasteiger partial charge in [-0.15, -0.1) is 0 Å². The molecule has 0 aliphatic carbocycles. The van der Waals surface area contributed by atoms with Crippen molar-refractivity contribution >= 4 is 5.97 Å². The Hall–Kier alpha value is -2.49. The first-order valence-corrected chi connectivity index (χ1v) is 6.63. The summed E-state index contributed by atoms with van der Waals surface area (Å²) < 4.78 is 10.3. The van der Waals surface area contributed by atoms with E-state index >= 15 is 0 Å². The second kappa shape index (κ2) is 6.79. The van der Waals surface area contributed by atoms with Crippen LogP contribution in [0.15, 0.2) is 48.5 Å². The van der Waals surface area contributed by atoms with Crippen molar-refractivity contribution in [3.63, 3.8) is 0 Å². The molecule has 0 bridgehead atoms. The van der Waals surface area contributed by atoms with Gasteiger partial charge in [-0.3, -0.25) is 4.79 Å². The maximum Gasteiger partial charge on any atom is 0.311 e. The Morgan fingerprint density at radius 1 is 1.05 bits per heavy atom. The maximum atomic E-state index is 11.6. The zero-order valence-corrected chi connectivity index (χ0v) is 12.1. The average Bonchev–Trinajstić information content (AvgIpc) is 2.53. The summed E-state index contributed by atoms with van der Waals surface area (Å²) in [5.41, 5.74) is 1.68. The molecule has 110 valence electrons. The normalized spacial score (nSPS) is 11.7. The number of benzene rings is 2. The highest BCUT2D eigenvalue weighted by atomic mass is 16.5. The number of hydrogen-bond donors (Lipinski definition) is 1. The minimum absolute atomic E-state index is 0.423. The molecule has 0 aliphatic heterocycles. The molecule has 0 fully saturated rings. The van der Waals surface area contributed by atoms with E-state index in [2.05, 4.69) is 0 Å². The van der Waals surface area contributed by atoms with E-state index in [9.17, 15) is 9.90 Å². The molecule has 0 radical (unpaired) electrons. The van der Waals surface area contributed by atoms with E-state index in [1.807, 2.05) is 30.3 Å². The summed E-state index contributed by atoms with van der Waals surface area (Å²) in [7, 11) is 3.17. The number of aliphatic carboxylic acids is 1. The zero-order chi connectivity index (χ0) is 15.2. The molecule has 1 N–H and O–H groups in total. The fourth-order valence-corrected chi connectivity index (χ4v) is 2.20. The van der Waals surface area contributed by atoms with Gasteiger partial charge < -0.3 is 14.6 Å². The molecule has 2 aromatic rings. The molecular formula is C17H18O4. The molecule has 2 aromatic carbocycles. The SMILES string of the molecule is COc1ccc(CC(C(=O)O)c2cccc(OC)c2)cc1. The fraction of sp³-hybridized carbons (Fsp3) is 0.235. The number of methoxy groups -OCH3 is 2. The highest BCUT2D eigenvalue weighted by Gasteiger charge is 2.20. The van der Waals surface area contributed by atoms with Crippen LogP contribution in [0.4, 0.5) is 0 Å². The summed E-state index contributed by atoms with van der Waals surface area (Å²) in [5.74, 6) is -0.0342. The molecule has 0 aromatic heterocycles. The Bertz CT molecular complexity index is 604. The summed E-state index contributed by atoms with van der Waals surface area (Å²) in [5, 5.41) is 9.49. The number of carboxylic acids is 1. The molecule has 4 nitrogen and oxygen atoms in total. The van der Waals surface area contributed by atoms with Gasteiger partial charge in [0.25, 0.3) is 0 Å². The number of carbonyl (C=O) groups is 1. The first-order chi connectivity index (χ1) is 10.1. The van der Waals surface area contributed by atoms with Crippen molar-refractivity contribution in [2.24, 2.45) is 0 Å². The van der Waals surface area contributed by atoms with Crippen LogP contribution < -0.4 is 9.47 Å². The molecule has 4 heteroatoms. The van der Waals surface area contributed by atoms with Crippen LogP contribution in [0.1, 0.15) is 17.0 Å². The van der Waals surface area contributed by atoms with Crippen molar-refractivity contribution in [1.82, 2.24) is 0 Å². The van der Waals surface area contributed by atoms with E-state index in [4.69, 9.17) is 9.47 Å². The van der Waals surface area contributed by atoms with Crippen molar-refractivity contribution in [1.29, 1.82) is 0 Å². The van der Waals surface area contributed by atoms with Crippen molar-refractivity contribution < 1.29 is 19.4 Å². The molecule has 1 atom stereocenters. The van der Waals surface area contributed by atoms with Gasteiger partial charge in [0.05, 0.1) is 20.1 Å². The van der Waals surface area contributed by atoms with E-state index in [0.717, 1.165) is 16.9 Å². The second-order valence-electron chi connectivity index (χ2n) is 4.72. The maximum absolute atomic E-state index is 11.6. The second-order valence-corrected chi connectivity index (χ2v) is 4.72. The molecule has 1 unspecified atom stereocenters. The average molecular weight is 286 g/mol. The first kappa shape index (κ1) is 14.9. The Labute approximate surface area is 123 Å². The van der Waals surface area contributed by atoms with Gasteiger partial charge in [0.2, 0.25) is 0 Å². The zero-order valence-electron chi connectivity index (χ0n) is 12.1. The van der Waals surface area contributed by atoms with Crippen LogP contribution in [-0.4, -0.2) is 25.3 Å². The lowest BCUT2D eigenvalue weighted by molar-refractivity contribution is -0.138. The third-order valence-electron chi connectivity index (χ3n) is 3.39. The van der Waals surface area contributed by atoms with Gasteiger partial charge in [-0.2, -0.15) is 0 Å². The van der Waals surface area contributed by atoms with E-state index in [-0.39, 0.29) is 0 Å². The smallest absolute Gasteiger partial charge is 0.311 e. The van der Waals surface area contributed by atoms with E-state index in [1.165, 1.54) is 0 Å². The van der Waals surface area contributed by atoms with Crippen LogP contribution >= 0.6 is 0 Å². The molecular weight excluding hydrogens is 268 g/mol. The molecule has 0 aliphatic rings. The van der Waals surface area contributed by atoms with Gasteiger partial charge in [0.1, 0.15) is 11.5 Å². The monoisotopic (exact) mass is 286 g/mol. The predicted octanol–water partition coefficient (Wildman–Crippen LogP) is 3.11. The standard InChI is InChI=1S/C17H18O4/c1-20-14-8-6-12(7-9-14)10-16(17(18)19)13-4-3-5-15(11-13)21-2/h3-9,11,16H,10H2,1-2H3,(H,18,19). The predicted molar refractivity (Wildman–Crippen MR) is 80.1 cm³/mol. The molecule has 2 rings (SSSR count). The summed E-state index contributed by atoms with van der Waals surface area (Å²) in [6.07, 6.45) is 0.423. The lowest BCUT2D eigenvalue weighted by Crippen LogP contribution is -2.14. The quantitative estimate of drug-likeness (QED) is 0.886. The number of carboxylic acid groups (broad SMARTS) is 1. The summed E-state index contributed by atoms with van der Waals surface area (Å²) in [6.45, 7) is 0. The lowest BCUT2D eigenvalue weighted by atomic mass is 9.92. The highest BCUT2D eigenvalue weighted by Crippen LogP contribution is 2.25. The first-order valence-electron chi connectivity index (χ1n) is 6.63. The highest BCUT2D eigenvalue weighted by molar-refractivity contribution is 5.76. The van der Waals surface area contributed by atoms with Crippen LogP contribution in [0.2, 0.25) is 0 Å². The lowest BCUT2D eigenvalue weighted by Gasteiger charge is -2.14. The molecule has 21 heavy (non-hydrogen) atoms. The topological polar surface area (TPSA) is 55.8 Å². The number of hydrogen-bond acceptors (Lipinski definition) is 3. The van der Waals surface area contributed by atoms with Crippen molar-refractivity contribution in [3.8, 4) is 11.5 Å². The van der Waals surface area contributed by atoms with Crippen LogP contribution in [0.5, 0.6) is 11.5 Å². The van der Waals surface area contributed by atoms with Crippen molar-refractivity contribution in [2.45, 2.75) is 12.3 Å². The van der Waals surface area contributed by atoms with Crippen molar-refractivity contribution in [3.05, 3.63) is 59.7 Å².